The number of carboxylic acids is 1. The molecule has 0 spiro atoms. The highest BCUT2D eigenvalue weighted by Crippen LogP contribution is 2.30. The van der Waals surface area contributed by atoms with Crippen LogP contribution in [0.1, 0.15) is 29.5 Å². The maximum atomic E-state index is 12.4. The molecule has 1 aliphatic carbocycles. The maximum absolute atomic E-state index is 12.4. The SMILES string of the molecule is O=C(O)/C=C/c1cc(C2=CCC(OC(F)(F)F)C=C2)ccc1OCCCc1ccccc1. The summed E-state index contributed by atoms with van der Waals surface area (Å²) >= 11 is 0. The molecule has 1 N–H and O–H groups in total. The van der Waals surface area contributed by atoms with Gasteiger partial charge in [-0.1, -0.05) is 54.6 Å². The van der Waals surface area contributed by atoms with Gasteiger partial charge < -0.3 is 9.84 Å². The molecule has 0 radical (unpaired) electrons. The fourth-order valence-electron chi connectivity index (χ4n) is 3.33. The van der Waals surface area contributed by atoms with Crippen LogP contribution in [0.5, 0.6) is 5.75 Å². The highest BCUT2D eigenvalue weighted by Gasteiger charge is 2.32. The van der Waals surface area contributed by atoms with Crippen molar-refractivity contribution in [2.75, 3.05) is 6.61 Å². The van der Waals surface area contributed by atoms with Gasteiger partial charge in [0.1, 0.15) is 5.75 Å². The summed E-state index contributed by atoms with van der Waals surface area (Å²) in [5, 5.41) is 8.99. The average molecular weight is 444 g/mol. The second-order valence-electron chi connectivity index (χ2n) is 7.22. The van der Waals surface area contributed by atoms with Crippen molar-refractivity contribution in [1.29, 1.82) is 0 Å². The number of aliphatic carboxylic acids is 1. The topological polar surface area (TPSA) is 55.8 Å². The second-order valence-corrected chi connectivity index (χ2v) is 7.22. The van der Waals surface area contributed by atoms with Crippen LogP contribution in [0.25, 0.3) is 11.6 Å². The van der Waals surface area contributed by atoms with Crippen molar-refractivity contribution in [3.05, 3.63) is 89.5 Å². The van der Waals surface area contributed by atoms with Gasteiger partial charge in [0.25, 0.3) is 0 Å². The smallest absolute Gasteiger partial charge is 0.493 e. The highest BCUT2D eigenvalue weighted by molar-refractivity contribution is 5.86. The molecule has 1 unspecified atom stereocenters. The number of halogens is 3. The molecule has 0 amide bonds. The summed E-state index contributed by atoms with van der Waals surface area (Å²) in [7, 11) is 0. The first-order chi connectivity index (χ1) is 15.3. The van der Waals surface area contributed by atoms with Gasteiger partial charge in [0.15, 0.2) is 0 Å². The van der Waals surface area contributed by atoms with E-state index in [1.165, 1.54) is 17.7 Å². The minimum atomic E-state index is -4.69. The lowest BCUT2D eigenvalue weighted by molar-refractivity contribution is -0.335. The number of benzene rings is 2. The molecule has 1 aliphatic rings. The maximum Gasteiger partial charge on any atom is 0.523 e. The van der Waals surface area contributed by atoms with Gasteiger partial charge in [-0.25, -0.2) is 4.79 Å². The van der Waals surface area contributed by atoms with Crippen LogP contribution in [0.4, 0.5) is 13.2 Å². The van der Waals surface area contributed by atoms with Crippen LogP contribution >= 0.6 is 0 Å². The Morgan fingerprint density at radius 3 is 2.59 bits per heavy atom. The van der Waals surface area contributed by atoms with Crippen LogP contribution in [0.2, 0.25) is 0 Å². The van der Waals surface area contributed by atoms with Crippen LogP contribution in [-0.2, 0) is 16.0 Å². The minimum absolute atomic E-state index is 0.0867. The van der Waals surface area contributed by atoms with E-state index in [-0.39, 0.29) is 6.42 Å². The molecule has 2 aromatic rings. The van der Waals surface area contributed by atoms with Crippen LogP contribution in [0.3, 0.4) is 0 Å². The Balaban J connectivity index is 1.68. The number of aryl methyl sites for hydroxylation is 1. The van der Waals surface area contributed by atoms with Crippen molar-refractivity contribution in [1.82, 2.24) is 0 Å². The summed E-state index contributed by atoms with van der Waals surface area (Å²) in [4.78, 5) is 11.0. The first-order valence-corrected chi connectivity index (χ1v) is 10.2. The van der Waals surface area contributed by atoms with Gasteiger partial charge in [0.05, 0.1) is 12.7 Å². The van der Waals surface area contributed by atoms with Crippen molar-refractivity contribution in [2.24, 2.45) is 0 Å². The van der Waals surface area contributed by atoms with Gasteiger partial charge in [-0.3, -0.25) is 4.74 Å². The fourth-order valence-corrected chi connectivity index (χ4v) is 3.33. The molecule has 0 aliphatic heterocycles. The Kier molecular flexibility index (Phi) is 7.89. The predicted molar refractivity (Wildman–Crippen MR) is 116 cm³/mol. The van der Waals surface area contributed by atoms with Gasteiger partial charge in [-0.15, -0.1) is 13.2 Å². The lowest BCUT2D eigenvalue weighted by atomic mass is 9.96. The van der Waals surface area contributed by atoms with Crippen molar-refractivity contribution in [3.63, 3.8) is 0 Å². The molecule has 0 saturated carbocycles. The number of allylic oxidation sites excluding steroid dienone is 2. The van der Waals surface area contributed by atoms with Gasteiger partial charge in [0.2, 0.25) is 0 Å². The van der Waals surface area contributed by atoms with Crippen molar-refractivity contribution >= 4 is 17.6 Å². The largest absolute Gasteiger partial charge is 0.523 e. The van der Waals surface area contributed by atoms with Gasteiger partial charge in [-0.2, -0.15) is 0 Å². The summed E-state index contributed by atoms with van der Waals surface area (Å²) in [6, 6.07) is 15.3. The first-order valence-electron chi connectivity index (χ1n) is 10.2. The third-order valence-corrected chi connectivity index (χ3v) is 4.80. The zero-order valence-corrected chi connectivity index (χ0v) is 17.2. The molecule has 0 saturated heterocycles. The number of carbonyl (C=O) groups is 1. The molecule has 0 fully saturated rings. The van der Waals surface area contributed by atoms with E-state index in [1.54, 1.807) is 30.4 Å². The van der Waals surface area contributed by atoms with E-state index in [9.17, 15) is 18.0 Å². The Morgan fingerprint density at radius 1 is 1.16 bits per heavy atom. The molecule has 1 atom stereocenters. The molecule has 32 heavy (non-hydrogen) atoms. The zero-order valence-electron chi connectivity index (χ0n) is 17.2. The van der Waals surface area contributed by atoms with Gasteiger partial charge >= 0.3 is 12.3 Å². The van der Waals surface area contributed by atoms with Crippen LogP contribution in [-0.4, -0.2) is 30.1 Å². The molecule has 0 aromatic heterocycles. The van der Waals surface area contributed by atoms with Crippen molar-refractivity contribution in [3.8, 4) is 5.75 Å². The lowest BCUT2D eigenvalue weighted by Crippen LogP contribution is -2.22. The molecular weight excluding hydrogens is 421 g/mol. The third kappa shape index (κ3) is 7.42. The van der Waals surface area contributed by atoms with Gasteiger partial charge in [-0.05, 0) is 54.2 Å². The van der Waals surface area contributed by atoms with E-state index < -0.39 is 18.4 Å². The quantitative estimate of drug-likeness (QED) is 0.378. The lowest BCUT2D eigenvalue weighted by Gasteiger charge is -2.19. The Bertz CT molecular complexity index is 1010. The summed E-state index contributed by atoms with van der Waals surface area (Å²) in [6.45, 7) is 0.460. The Labute approximate surface area is 184 Å². The number of ether oxygens (including phenoxy) is 2. The molecular formula is C25H23F3O4. The Morgan fingerprint density at radius 2 is 1.94 bits per heavy atom. The molecule has 4 nitrogen and oxygen atoms in total. The normalized spacial score (nSPS) is 16.2. The van der Waals surface area contributed by atoms with E-state index in [2.05, 4.69) is 4.74 Å². The number of rotatable bonds is 9. The van der Waals surface area contributed by atoms with Crippen molar-refractivity contribution < 1.29 is 32.5 Å². The number of hydrogen-bond donors (Lipinski definition) is 1. The van der Waals surface area contributed by atoms with E-state index in [1.807, 2.05) is 30.3 Å². The van der Waals surface area contributed by atoms with Crippen LogP contribution < -0.4 is 4.74 Å². The second kappa shape index (κ2) is 10.8. The highest BCUT2D eigenvalue weighted by atomic mass is 19.4. The van der Waals surface area contributed by atoms with Crippen LogP contribution in [0, 0.1) is 0 Å². The van der Waals surface area contributed by atoms with E-state index >= 15 is 0 Å². The average Bonchev–Trinajstić information content (AvgIpc) is 2.76. The Hall–Kier alpha value is -3.32. The fraction of sp³-hybridized carbons (Fsp3) is 0.240. The van der Waals surface area contributed by atoms with E-state index in [4.69, 9.17) is 9.84 Å². The third-order valence-electron chi connectivity index (χ3n) is 4.80. The summed E-state index contributed by atoms with van der Waals surface area (Å²) < 4.78 is 47.1. The predicted octanol–water partition coefficient (Wildman–Crippen LogP) is 6.04. The number of alkyl halides is 3. The molecule has 2 aromatic carbocycles. The van der Waals surface area contributed by atoms with Gasteiger partial charge in [0, 0.05) is 11.6 Å². The summed E-state index contributed by atoms with van der Waals surface area (Å²) in [5.41, 5.74) is 3.26. The zero-order chi connectivity index (χ0) is 23.0. The number of hydrogen-bond acceptors (Lipinski definition) is 3. The minimum Gasteiger partial charge on any atom is -0.493 e. The van der Waals surface area contributed by atoms with Crippen LogP contribution in [0.15, 0.2) is 72.8 Å². The first kappa shape index (κ1) is 23.3. The number of carboxylic acid groups (broad SMARTS) is 1. The van der Waals surface area contributed by atoms with E-state index in [0.29, 0.717) is 17.9 Å². The summed E-state index contributed by atoms with van der Waals surface area (Å²) in [6.07, 6.45) is 3.06. The van der Waals surface area contributed by atoms with E-state index in [0.717, 1.165) is 30.1 Å². The monoisotopic (exact) mass is 444 g/mol. The van der Waals surface area contributed by atoms with Crippen molar-refractivity contribution in [2.45, 2.75) is 31.7 Å². The molecule has 0 heterocycles. The standard InChI is InChI=1S/C25H23F3O4/c26-25(27,28)32-22-12-8-19(9-13-22)20-10-14-23(21(17-20)11-15-24(29)30)31-16-4-7-18-5-2-1-3-6-18/h1-3,5-6,8-12,14-15,17,22H,4,7,13,16H2,(H,29,30)/b15-11+. The molecule has 7 heteroatoms. The molecule has 3 rings (SSSR count). The molecule has 168 valence electrons. The molecule has 0 bridgehead atoms. The summed E-state index contributed by atoms with van der Waals surface area (Å²) in [5.74, 6) is -0.549.